The molecule has 0 saturated carbocycles. The van der Waals surface area contributed by atoms with Crippen LogP contribution in [0.2, 0.25) is 0 Å². The Morgan fingerprint density at radius 2 is 1.75 bits per heavy atom. The summed E-state index contributed by atoms with van der Waals surface area (Å²) in [5, 5.41) is 8.33. The molecule has 0 amide bonds. The van der Waals surface area contributed by atoms with Crippen LogP contribution in [0.25, 0.3) is 6.08 Å². The largest absolute Gasteiger partial charge is 0.193 e. The van der Waals surface area contributed by atoms with Gasteiger partial charge in [-0.1, -0.05) is 29.3 Å². The highest BCUT2D eigenvalue weighted by Crippen LogP contribution is 2.09. The van der Waals surface area contributed by atoms with Gasteiger partial charge in [-0.05, 0) is 25.5 Å². The molecule has 0 aromatic heterocycles. The monoisotopic (exact) mass is 157 g/mol. The van der Waals surface area contributed by atoms with Crippen LogP contribution in [0.1, 0.15) is 16.7 Å². The first-order valence-electron chi connectivity index (χ1n) is 3.87. The summed E-state index contributed by atoms with van der Waals surface area (Å²) in [7, 11) is 0. The standard InChI is InChI=1S/C11H11N/c1-9-6-10(2)8-11(7-9)4-3-5-12/h3-4,6-8H,1-2H3/b4-3+. The van der Waals surface area contributed by atoms with Crippen LogP contribution in [0.15, 0.2) is 24.3 Å². The Bertz CT molecular complexity index is 322. The lowest BCUT2D eigenvalue weighted by molar-refractivity contribution is 1.37. The van der Waals surface area contributed by atoms with Crippen molar-refractivity contribution in [3.8, 4) is 6.07 Å². The maximum absolute atomic E-state index is 8.33. The number of allylic oxidation sites excluding steroid dienone is 1. The zero-order valence-electron chi connectivity index (χ0n) is 7.33. The first kappa shape index (κ1) is 8.55. The molecule has 0 N–H and O–H groups in total. The minimum absolute atomic E-state index is 1.09. The smallest absolute Gasteiger partial charge is 0.0912 e. The Hall–Kier alpha value is -1.55. The second-order valence-corrected chi connectivity index (χ2v) is 2.88. The normalized spacial score (nSPS) is 10.1. The minimum atomic E-state index is 1.09. The fourth-order valence-corrected chi connectivity index (χ4v) is 1.24. The van der Waals surface area contributed by atoms with Crippen LogP contribution in [-0.4, -0.2) is 0 Å². The summed E-state index contributed by atoms with van der Waals surface area (Å²) < 4.78 is 0. The van der Waals surface area contributed by atoms with Crippen molar-refractivity contribution in [1.82, 2.24) is 0 Å². The molecule has 0 atom stereocenters. The lowest BCUT2D eigenvalue weighted by Gasteiger charge is -1.98. The number of nitrogens with zero attached hydrogens (tertiary/aromatic N) is 1. The van der Waals surface area contributed by atoms with E-state index in [-0.39, 0.29) is 0 Å². The van der Waals surface area contributed by atoms with Gasteiger partial charge in [0.1, 0.15) is 0 Å². The van der Waals surface area contributed by atoms with E-state index in [9.17, 15) is 0 Å². The van der Waals surface area contributed by atoms with Gasteiger partial charge in [-0.3, -0.25) is 0 Å². The fourth-order valence-electron chi connectivity index (χ4n) is 1.24. The van der Waals surface area contributed by atoms with Gasteiger partial charge in [0, 0.05) is 6.08 Å². The van der Waals surface area contributed by atoms with Crippen molar-refractivity contribution >= 4 is 6.08 Å². The van der Waals surface area contributed by atoms with Crippen LogP contribution in [0, 0.1) is 25.2 Å². The van der Waals surface area contributed by atoms with Gasteiger partial charge in [0.15, 0.2) is 0 Å². The van der Waals surface area contributed by atoms with Crippen LogP contribution in [0.4, 0.5) is 0 Å². The van der Waals surface area contributed by atoms with E-state index in [4.69, 9.17) is 5.26 Å². The van der Waals surface area contributed by atoms with Crippen LogP contribution in [-0.2, 0) is 0 Å². The minimum Gasteiger partial charge on any atom is -0.193 e. The molecular formula is C11H11N. The molecule has 0 spiro atoms. The third-order valence-corrected chi connectivity index (χ3v) is 1.59. The summed E-state index contributed by atoms with van der Waals surface area (Å²) in [5.74, 6) is 0. The topological polar surface area (TPSA) is 23.8 Å². The second kappa shape index (κ2) is 3.73. The average molecular weight is 157 g/mol. The van der Waals surface area contributed by atoms with Crippen LogP contribution >= 0.6 is 0 Å². The molecule has 0 heterocycles. The fraction of sp³-hybridized carbons (Fsp3) is 0.182. The number of nitriles is 1. The molecule has 1 aromatic rings. The number of benzene rings is 1. The summed E-state index contributed by atoms with van der Waals surface area (Å²) in [6.45, 7) is 4.10. The van der Waals surface area contributed by atoms with Crippen LogP contribution in [0.5, 0.6) is 0 Å². The molecule has 0 aliphatic heterocycles. The second-order valence-electron chi connectivity index (χ2n) is 2.88. The average Bonchev–Trinajstić information content (AvgIpc) is 1.99. The molecular weight excluding hydrogens is 146 g/mol. The van der Waals surface area contributed by atoms with Crippen molar-refractivity contribution in [3.05, 3.63) is 41.0 Å². The third-order valence-electron chi connectivity index (χ3n) is 1.59. The Morgan fingerprint density at radius 3 is 2.25 bits per heavy atom. The molecule has 0 aliphatic rings. The van der Waals surface area contributed by atoms with Gasteiger partial charge in [0.05, 0.1) is 6.07 Å². The third kappa shape index (κ3) is 2.25. The zero-order chi connectivity index (χ0) is 8.97. The Balaban J connectivity index is 3.03. The van der Waals surface area contributed by atoms with E-state index in [0.29, 0.717) is 0 Å². The molecule has 0 aliphatic carbocycles. The van der Waals surface area contributed by atoms with E-state index in [1.165, 1.54) is 17.2 Å². The molecule has 1 rings (SSSR count). The van der Waals surface area contributed by atoms with Crippen LogP contribution in [0.3, 0.4) is 0 Å². The van der Waals surface area contributed by atoms with Crippen molar-refractivity contribution in [2.75, 3.05) is 0 Å². The van der Waals surface area contributed by atoms with Crippen molar-refractivity contribution in [2.24, 2.45) is 0 Å². The van der Waals surface area contributed by atoms with Gasteiger partial charge < -0.3 is 0 Å². The Labute approximate surface area is 73.0 Å². The number of rotatable bonds is 1. The zero-order valence-corrected chi connectivity index (χ0v) is 7.33. The van der Waals surface area contributed by atoms with Crippen molar-refractivity contribution in [3.63, 3.8) is 0 Å². The first-order chi connectivity index (χ1) is 5.72. The Kier molecular flexibility index (Phi) is 2.66. The predicted octanol–water partition coefficient (Wildman–Crippen LogP) is 2.84. The molecule has 0 fully saturated rings. The van der Waals surface area contributed by atoms with E-state index in [1.807, 2.05) is 12.1 Å². The van der Waals surface area contributed by atoms with Crippen LogP contribution < -0.4 is 0 Å². The summed E-state index contributed by atoms with van der Waals surface area (Å²) in [5.41, 5.74) is 3.55. The number of aryl methyl sites for hydroxylation is 2. The van der Waals surface area contributed by atoms with Gasteiger partial charge in [0.25, 0.3) is 0 Å². The van der Waals surface area contributed by atoms with E-state index in [1.54, 1.807) is 0 Å². The number of hydrogen-bond donors (Lipinski definition) is 0. The maximum Gasteiger partial charge on any atom is 0.0912 e. The molecule has 1 nitrogen and oxygen atoms in total. The van der Waals surface area contributed by atoms with E-state index in [2.05, 4.69) is 32.0 Å². The van der Waals surface area contributed by atoms with Gasteiger partial charge in [0.2, 0.25) is 0 Å². The maximum atomic E-state index is 8.33. The predicted molar refractivity (Wildman–Crippen MR) is 50.6 cm³/mol. The highest BCUT2D eigenvalue weighted by molar-refractivity contribution is 5.53. The van der Waals surface area contributed by atoms with Crippen molar-refractivity contribution in [1.29, 1.82) is 5.26 Å². The molecule has 60 valence electrons. The molecule has 1 heteroatoms. The van der Waals surface area contributed by atoms with E-state index in [0.717, 1.165) is 5.56 Å². The molecule has 0 unspecified atom stereocenters. The molecule has 0 saturated heterocycles. The first-order valence-corrected chi connectivity index (χ1v) is 3.87. The molecule has 1 aromatic carbocycles. The Morgan fingerprint density at radius 1 is 1.17 bits per heavy atom. The summed E-state index contributed by atoms with van der Waals surface area (Å²) in [4.78, 5) is 0. The van der Waals surface area contributed by atoms with Gasteiger partial charge in [-0.25, -0.2) is 0 Å². The lowest BCUT2D eigenvalue weighted by atomic mass is 10.1. The highest BCUT2D eigenvalue weighted by Gasteiger charge is 1.90. The SMILES string of the molecule is Cc1cc(C)cc(/C=C/C#N)c1. The molecule has 0 radical (unpaired) electrons. The van der Waals surface area contributed by atoms with Gasteiger partial charge in [-0.15, -0.1) is 0 Å². The molecule has 12 heavy (non-hydrogen) atoms. The quantitative estimate of drug-likeness (QED) is 0.575. The summed E-state index contributed by atoms with van der Waals surface area (Å²) >= 11 is 0. The van der Waals surface area contributed by atoms with Gasteiger partial charge >= 0.3 is 0 Å². The molecule has 0 bridgehead atoms. The van der Waals surface area contributed by atoms with Crippen molar-refractivity contribution < 1.29 is 0 Å². The van der Waals surface area contributed by atoms with Crippen molar-refractivity contribution in [2.45, 2.75) is 13.8 Å². The number of hydrogen-bond acceptors (Lipinski definition) is 1. The summed E-state index contributed by atoms with van der Waals surface area (Å²) in [6.07, 6.45) is 3.31. The highest BCUT2D eigenvalue weighted by atomic mass is 14.2. The van der Waals surface area contributed by atoms with E-state index >= 15 is 0 Å². The van der Waals surface area contributed by atoms with Gasteiger partial charge in [-0.2, -0.15) is 5.26 Å². The summed E-state index contributed by atoms with van der Waals surface area (Å²) in [6, 6.07) is 8.20. The lowest BCUT2D eigenvalue weighted by Crippen LogP contribution is -1.79. The van der Waals surface area contributed by atoms with E-state index < -0.39 is 0 Å².